The lowest BCUT2D eigenvalue weighted by Crippen LogP contribution is -1.92. The van der Waals surface area contributed by atoms with Crippen LogP contribution in [0, 0.1) is 11.3 Å². The molecule has 1 rings (SSSR count). The molecule has 1 aromatic rings. The first kappa shape index (κ1) is 7.96. The molecule has 0 spiro atoms. The molecule has 0 unspecified atom stereocenters. The van der Waals surface area contributed by atoms with E-state index in [2.05, 4.69) is 0 Å². The molecule has 0 N–H and O–H groups in total. The zero-order valence-electron chi connectivity index (χ0n) is 6.13. The molecule has 0 saturated carbocycles. The number of carbonyl (C=O) groups is 1. The monoisotopic (exact) mass is 165 g/mol. The van der Waals surface area contributed by atoms with Crippen LogP contribution in [0.2, 0.25) is 0 Å². The van der Waals surface area contributed by atoms with E-state index < -0.39 is 0 Å². The fraction of sp³-hybridized carbons (Fsp3) is 0.250. The van der Waals surface area contributed by atoms with E-state index in [1.54, 1.807) is 13.0 Å². The number of hydrogen-bond donors (Lipinski definition) is 0. The van der Waals surface area contributed by atoms with Gasteiger partial charge in [0.05, 0.1) is 0 Å². The van der Waals surface area contributed by atoms with Crippen LogP contribution in [0.25, 0.3) is 0 Å². The van der Waals surface area contributed by atoms with Gasteiger partial charge in [-0.1, -0.05) is 0 Å². The summed E-state index contributed by atoms with van der Waals surface area (Å²) in [7, 11) is 0. The first-order valence-corrected chi connectivity index (χ1v) is 4.02. The molecule has 0 fully saturated rings. The first-order valence-electron chi connectivity index (χ1n) is 3.20. The van der Waals surface area contributed by atoms with E-state index in [0.717, 1.165) is 4.88 Å². The highest BCUT2D eigenvalue weighted by molar-refractivity contribution is 7.12. The van der Waals surface area contributed by atoms with Crippen molar-refractivity contribution >= 4 is 17.1 Å². The number of carbonyl (C=O) groups excluding carboxylic acids is 1. The van der Waals surface area contributed by atoms with E-state index in [1.165, 1.54) is 11.3 Å². The highest BCUT2D eigenvalue weighted by atomic mass is 32.1. The third-order valence-electron chi connectivity index (χ3n) is 1.20. The summed E-state index contributed by atoms with van der Waals surface area (Å²) < 4.78 is 0. The van der Waals surface area contributed by atoms with Crippen molar-refractivity contribution in [1.29, 1.82) is 5.26 Å². The normalized spacial score (nSPS) is 9.09. The molecule has 0 aromatic carbocycles. The van der Waals surface area contributed by atoms with Gasteiger partial charge < -0.3 is 0 Å². The summed E-state index contributed by atoms with van der Waals surface area (Å²) in [6, 6.07) is 5.59. The average molecular weight is 165 g/mol. The highest BCUT2D eigenvalue weighted by Crippen LogP contribution is 2.15. The third-order valence-corrected chi connectivity index (χ3v) is 2.18. The van der Waals surface area contributed by atoms with Crippen molar-refractivity contribution in [3.63, 3.8) is 0 Å². The van der Waals surface area contributed by atoms with Crippen LogP contribution in [0.3, 0.4) is 0 Å². The van der Waals surface area contributed by atoms with Crippen LogP contribution in [0.5, 0.6) is 0 Å². The van der Waals surface area contributed by atoms with Crippen molar-refractivity contribution < 1.29 is 4.79 Å². The summed E-state index contributed by atoms with van der Waals surface area (Å²) in [5, 5.41) is 8.46. The van der Waals surface area contributed by atoms with Gasteiger partial charge in [-0.15, -0.1) is 11.3 Å². The lowest BCUT2D eigenvalue weighted by atomic mass is 10.3. The Morgan fingerprint density at radius 3 is 2.91 bits per heavy atom. The van der Waals surface area contributed by atoms with E-state index in [9.17, 15) is 4.79 Å². The number of ketones is 1. The molecule has 0 amide bonds. The molecule has 1 aromatic heterocycles. The molecule has 2 nitrogen and oxygen atoms in total. The van der Waals surface area contributed by atoms with Crippen LogP contribution in [0.15, 0.2) is 12.1 Å². The summed E-state index contributed by atoms with van der Waals surface area (Å²) in [4.78, 5) is 12.3. The Kier molecular flexibility index (Phi) is 2.40. The maximum Gasteiger partial charge on any atom is 0.135 e. The second kappa shape index (κ2) is 3.31. The van der Waals surface area contributed by atoms with Crippen molar-refractivity contribution in [3.8, 4) is 6.07 Å². The minimum atomic E-state index is 0.135. The summed E-state index contributed by atoms with van der Waals surface area (Å²) >= 11 is 1.38. The summed E-state index contributed by atoms with van der Waals surface area (Å²) in [6.45, 7) is 1.55. The van der Waals surface area contributed by atoms with Gasteiger partial charge in [0, 0.05) is 11.3 Å². The smallest absolute Gasteiger partial charge is 0.135 e. The molecule has 3 heteroatoms. The fourth-order valence-corrected chi connectivity index (χ4v) is 1.65. The Bertz CT molecular complexity index is 308. The maximum atomic E-state index is 10.6. The first-order chi connectivity index (χ1) is 5.22. The van der Waals surface area contributed by atoms with Crippen molar-refractivity contribution in [2.45, 2.75) is 13.3 Å². The summed E-state index contributed by atoms with van der Waals surface area (Å²) in [6.07, 6.45) is 0.451. The number of thiophene rings is 1. The molecule has 0 bridgehead atoms. The Morgan fingerprint density at radius 2 is 2.45 bits per heavy atom. The second-order valence-corrected chi connectivity index (χ2v) is 3.42. The Hall–Kier alpha value is -1.14. The van der Waals surface area contributed by atoms with Gasteiger partial charge >= 0.3 is 0 Å². The van der Waals surface area contributed by atoms with E-state index in [1.807, 2.05) is 12.1 Å². The number of Topliss-reactive ketones (excluding diaryl/α,β-unsaturated/α-hetero) is 1. The van der Waals surface area contributed by atoms with E-state index in [0.29, 0.717) is 11.3 Å². The number of nitrogens with zero attached hydrogens (tertiary/aromatic N) is 1. The third kappa shape index (κ3) is 2.17. The predicted molar refractivity (Wildman–Crippen MR) is 43.4 cm³/mol. The lowest BCUT2D eigenvalue weighted by Gasteiger charge is -1.86. The van der Waals surface area contributed by atoms with Crippen molar-refractivity contribution in [3.05, 3.63) is 21.9 Å². The Balaban J connectivity index is 2.75. The average Bonchev–Trinajstić information content (AvgIpc) is 2.34. The molecular weight excluding hydrogens is 158 g/mol. The van der Waals surface area contributed by atoms with Gasteiger partial charge in [0.2, 0.25) is 0 Å². The second-order valence-electron chi connectivity index (χ2n) is 2.26. The Morgan fingerprint density at radius 1 is 1.73 bits per heavy atom. The molecule has 1 heterocycles. The zero-order valence-corrected chi connectivity index (χ0v) is 6.94. The summed E-state index contributed by atoms with van der Waals surface area (Å²) in [5.41, 5.74) is 0. The topological polar surface area (TPSA) is 40.9 Å². The van der Waals surface area contributed by atoms with Crippen LogP contribution < -0.4 is 0 Å². The number of nitriles is 1. The fourth-order valence-electron chi connectivity index (χ4n) is 0.778. The molecular formula is C8H7NOS. The molecule has 0 aliphatic rings. The SMILES string of the molecule is CC(=O)Cc1ccc(C#N)s1. The summed E-state index contributed by atoms with van der Waals surface area (Å²) in [5.74, 6) is 0.135. The minimum Gasteiger partial charge on any atom is -0.300 e. The van der Waals surface area contributed by atoms with E-state index in [-0.39, 0.29) is 5.78 Å². The number of hydrogen-bond acceptors (Lipinski definition) is 3. The van der Waals surface area contributed by atoms with Crippen LogP contribution in [0.1, 0.15) is 16.7 Å². The van der Waals surface area contributed by atoms with Crippen LogP contribution >= 0.6 is 11.3 Å². The van der Waals surface area contributed by atoms with Crippen molar-refractivity contribution in [2.75, 3.05) is 0 Å². The maximum absolute atomic E-state index is 10.6. The van der Waals surface area contributed by atoms with Gasteiger partial charge in [-0.3, -0.25) is 4.79 Å². The molecule has 56 valence electrons. The number of rotatable bonds is 2. The molecule has 0 aliphatic carbocycles. The van der Waals surface area contributed by atoms with Crippen LogP contribution in [-0.2, 0) is 11.2 Å². The molecule has 11 heavy (non-hydrogen) atoms. The molecule has 0 aliphatic heterocycles. The van der Waals surface area contributed by atoms with Gasteiger partial charge in [0.25, 0.3) is 0 Å². The van der Waals surface area contributed by atoms with Gasteiger partial charge in [-0.05, 0) is 19.1 Å². The van der Waals surface area contributed by atoms with Crippen molar-refractivity contribution in [2.24, 2.45) is 0 Å². The molecule has 0 atom stereocenters. The van der Waals surface area contributed by atoms with Gasteiger partial charge in [-0.25, -0.2) is 0 Å². The predicted octanol–water partition coefficient (Wildman–Crippen LogP) is 1.75. The standard InChI is InChI=1S/C8H7NOS/c1-6(10)4-7-2-3-8(5-9)11-7/h2-3H,4H2,1H3. The zero-order chi connectivity index (χ0) is 8.27. The highest BCUT2D eigenvalue weighted by Gasteiger charge is 2.00. The molecule has 0 saturated heterocycles. The van der Waals surface area contributed by atoms with Crippen molar-refractivity contribution in [1.82, 2.24) is 0 Å². The van der Waals surface area contributed by atoms with E-state index >= 15 is 0 Å². The quantitative estimate of drug-likeness (QED) is 0.669. The minimum absolute atomic E-state index is 0.135. The lowest BCUT2D eigenvalue weighted by molar-refractivity contribution is -0.116. The van der Waals surface area contributed by atoms with Gasteiger partial charge in [0.1, 0.15) is 16.7 Å². The van der Waals surface area contributed by atoms with Crippen LogP contribution in [0.4, 0.5) is 0 Å². The van der Waals surface area contributed by atoms with E-state index in [4.69, 9.17) is 5.26 Å². The van der Waals surface area contributed by atoms with Gasteiger partial charge in [0.15, 0.2) is 0 Å². The molecule has 0 radical (unpaired) electrons. The Labute approximate surface area is 69.1 Å². The van der Waals surface area contributed by atoms with Gasteiger partial charge in [-0.2, -0.15) is 5.26 Å². The van der Waals surface area contributed by atoms with Crippen LogP contribution in [-0.4, -0.2) is 5.78 Å². The largest absolute Gasteiger partial charge is 0.300 e.